The van der Waals surface area contributed by atoms with Crippen LogP contribution in [0.1, 0.15) is 29.4 Å². The minimum absolute atomic E-state index is 0.0896. The van der Waals surface area contributed by atoms with Crippen LogP contribution in [-0.2, 0) is 11.8 Å². The normalized spacial score (nSPS) is 14.2. The zero-order chi connectivity index (χ0) is 20.0. The Morgan fingerprint density at radius 2 is 1.93 bits per heavy atom. The first kappa shape index (κ1) is 19.1. The van der Waals surface area contributed by atoms with Crippen LogP contribution in [-0.4, -0.2) is 24.9 Å². The molecule has 0 fully saturated rings. The zero-order valence-electron chi connectivity index (χ0n) is 14.2. The molecule has 0 saturated heterocycles. The Hall–Kier alpha value is -2.65. The molecule has 0 bridgehead atoms. The average molecular weight is 399 g/mol. The molecule has 3 aromatic rings. The van der Waals surface area contributed by atoms with Crippen LogP contribution in [0.4, 0.5) is 13.2 Å². The molecule has 2 aromatic heterocycles. The van der Waals surface area contributed by atoms with Crippen molar-refractivity contribution in [1.29, 1.82) is 0 Å². The number of benzene rings is 1. The molecule has 1 aromatic carbocycles. The monoisotopic (exact) mass is 398 g/mol. The summed E-state index contributed by atoms with van der Waals surface area (Å²) in [6.07, 6.45) is -1.79. The molecule has 10 heteroatoms. The largest absolute Gasteiger partial charge is 0.416 e. The Labute approximate surface area is 156 Å². The number of hydrogen-bond acceptors (Lipinski definition) is 4. The molecule has 1 atom stereocenters. The molecule has 27 heavy (non-hydrogen) atoms. The minimum Gasteiger partial charge on any atom is -0.381 e. The summed E-state index contributed by atoms with van der Waals surface area (Å²) < 4.78 is 39.7. The smallest absolute Gasteiger partial charge is 0.381 e. The molecule has 0 saturated carbocycles. The maximum Gasteiger partial charge on any atom is 0.416 e. The van der Waals surface area contributed by atoms with E-state index in [9.17, 15) is 23.1 Å². The van der Waals surface area contributed by atoms with Gasteiger partial charge >= 0.3 is 6.18 Å². The fraction of sp³-hybridized carbons (Fsp3) is 0.235. The second-order valence-corrected chi connectivity index (χ2v) is 6.53. The van der Waals surface area contributed by atoms with Crippen molar-refractivity contribution < 1.29 is 18.3 Å². The number of aliphatic hydroxyl groups is 1. The quantitative estimate of drug-likeness (QED) is 0.709. The molecule has 0 aliphatic heterocycles. The third kappa shape index (κ3) is 3.74. The molecular weight excluding hydrogens is 385 g/mol. The van der Waals surface area contributed by atoms with E-state index in [1.54, 1.807) is 6.92 Å². The van der Waals surface area contributed by atoms with Crippen molar-refractivity contribution in [2.24, 2.45) is 0 Å². The van der Waals surface area contributed by atoms with Crippen LogP contribution in [0, 0.1) is 6.92 Å². The highest BCUT2D eigenvalue weighted by atomic mass is 35.5. The first-order chi connectivity index (χ1) is 12.5. The number of aryl methyl sites for hydroxylation is 1. The first-order valence-corrected chi connectivity index (χ1v) is 8.09. The van der Waals surface area contributed by atoms with E-state index in [-0.39, 0.29) is 27.5 Å². The van der Waals surface area contributed by atoms with Crippen LogP contribution in [0.25, 0.3) is 5.82 Å². The number of nitrogens with one attached hydrogen (secondary N) is 1. The highest BCUT2D eigenvalue weighted by Crippen LogP contribution is 2.38. The van der Waals surface area contributed by atoms with Gasteiger partial charge in [0.05, 0.1) is 11.8 Å². The maximum atomic E-state index is 12.8. The lowest BCUT2D eigenvalue weighted by Crippen LogP contribution is -2.23. The molecule has 3 rings (SSSR count). The molecule has 6 nitrogen and oxygen atoms in total. The van der Waals surface area contributed by atoms with Crippen molar-refractivity contribution in [3.63, 3.8) is 0 Å². The van der Waals surface area contributed by atoms with Gasteiger partial charge in [-0.1, -0.05) is 17.7 Å². The van der Waals surface area contributed by atoms with Gasteiger partial charge in [0, 0.05) is 28.4 Å². The SMILES string of the molecule is Cc1nc(-n2cc(C(C)(O)c3ccc(C(F)(F)F)cc3Cl)cn2)cc(=O)[nH]1. The fourth-order valence-electron chi connectivity index (χ4n) is 2.62. The fourth-order valence-corrected chi connectivity index (χ4v) is 2.99. The first-order valence-electron chi connectivity index (χ1n) is 7.71. The van der Waals surface area contributed by atoms with E-state index in [0.717, 1.165) is 18.2 Å². The van der Waals surface area contributed by atoms with Gasteiger partial charge in [0.2, 0.25) is 0 Å². The Balaban J connectivity index is 2.01. The number of halogens is 4. The molecule has 2 heterocycles. The number of nitrogens with zero attached hydrogens (tertiary/aromatic N) is 3. The molecule has 0 radical (unpaired) electrons. The van der Waals surface area contributed by atoms with Gasteiger partial charge in [-0.2, -0.15) is 18.3 Å². The Morgan fingerprint density at radius 3 is 2.52 bits per heavy atom. The topological polar surface area (TPSA) is 83.8 Å². The lowest BCUT2D eigenvalue weighted by Gasteiger charge is -2.24. The second-order valence-electron chi connectivity index (χ2n) is 6.13. The summed E-state index contributed by atoms with van der Waals surface area (Å²) in [6, 6.07) is 3.96. The molecule has 0 amide bonds. The van der Waals surface area contributed by atoms with E-state index in [1.165, 1.54) is 30.1 Å². The predicted octanol–water partition coefficient (Wildman–Crippen LogP) is 3.19. The highest BCUT2D eigenvalue weighted by molar-refractivity contribution is 6.31. The third-order valence-corrected chi connectivity index (χ3v) is 4.36. The van der Waals surface area contributed by atoms with Gasteiger partial charge in [-0.25, -0.2) is 9.67 Å². The van der Waals surface area contributed by atoms with Crippen molar-refractivity contribution in [2.45, 2.75) is 25.6 Å². The van der Waals surface area contributed by atoms with Gasteiger partial charge in [0.15, 0.2) is 5.82 Å². The van der Waals surface area contributed by atoms with Gasteiger partial charge in [0.25, 0.3) is 5.56 Å². The summed E-state index contributed by atoms with van der Waals surface area (Å²) in [7, 11) is 0. The van der Waals surface area contributed by atoms with Crippen LogP contribution >= 0.6 is 11.6 Å². The molecule has 142 valence electrons. The summed E-state index contributed by atoms with van der Waals surface area (Å²) in [5.74, 6) is 0.615. The second kappa shape index (κ2) is 6.50. The van der Waals surface area contributed by atoms with Gasteiger partial charge in [0.1, 0.15) is 11.4 Å². The summed E-state index contributed by atoms with van der Waals surface area (Å²) in [4.78, 5) is 18.2. The summed E-state index contributed by atoms with van der Waals surface area (Å²) >= 11 is 5.99. The molecule has 0 aliphatic carbocycles. The maximum absolute atomic E-state index is 12.8. The van der Waals surface area contributed by atoms with Gasteiger partial charge in [-0.15, -0.1) is 0 Å². The van der Waals surface area contributed by atoms with Crippen molar-refractivity contribution in [3.05, 3.63) is 74.6 Å². The van der Waals surface area contributed by atoms with E-state index in [0.29, 0.717) is 5.82 Å². The van der Waals surface area contributed by atoms with E-state index < -0.39 is 17.3 Å². The van der Waals surface area contributed by atoms with Crippen LogP contribution in [0.2, 0.25) is 5.02 Å². The zero-order valence-corrected chi connectivity index (χ0v) is 14.9. The number of rotatable bonds is 3. The van der Waals surface area contributed by atoms with Crippen molar-refractivity contribution in [3.8, 4) is 5.82 Å². The number of alkyl halides is 3. The van der Waals surface area contributed by atoms with Crippen LogP contribution in [0.5, 0.6) is 0 Å². The lowest BCUT2D eigenvalue weighted by atomic mass is 9.89. The Bertz CT molecular complexity index is 1060. The number of H-pyrrole nitrogens is 1. The van der Waals surface area contributed by atoms with E-state index in [1.807, 2.05) is 0 Å². The molecule has 1 unspecified atom stereocenters. The number of aromatic nitrogens is 4. The summed E-state index contributed by atoms with van der Waals surface area (Å²) in [5, 5.41) is 14.7. The number of hydrogen-bond donors (Lipinski definition) is 2. The standard InChI is InChI=1S/C17H14ClF3N4O2/c1-9-23-14(6-15(26)24-9)25-8-11(7-22-25)16(2,27)12-4-3-10(5-13(12)18)17(19,20)21/h3-8,27H,1-2H3,(H,23,24,26). The number of aromatic amines is 1. The van der Waals surface area contributed by atoms with E-state index in [2.05, 4.69) is 15.1 Å². The van der Waals surface area contributed by atoms with Crippen LogP contribution < -0.4 is 5.56 Å². The summed E-state index contributed by atoms with van der Waals surface area (Å²) in [5.41, 5.74) is -2.64. The molecule has 0 spiro atoms. The van der Waals surface area contributed by atoms with Gasteiger partial charge in [-0.05, 0) is 26.0 Å². The molecular formula is C17H14ClF3N4O2. The predicted molar refractivity (Wildman–Crippen MR) is 91.8 cm³/mol. The van der Waals surface area contributed by atoms with Crippen LogP contribution in [0.3, 0.4) is 0 Å². The van der Waals surface area contributed by atoms with Crippen LogP contribution in [0.15, 0.2) is 41.5 Å². The van der Waals surface area contributed by atoms with Crippen molar-refractivity contribution in [2.75, 3.05) is 0 Å². The average Bonchev–Trinajstić information content (AvgIpc) is 3.03. The molecule has 2 N–H and O–H groups in total. The minimum atomic E-state index is -4.54. The van der Waals surface area contributed by atoms with E-state index in [4.69, 9.17) is 11.6 Å². The van der Waals surface area contributed by atoms with E-state index >= 15 is 0 Å². The van der Waals surface area contributed by atoms with Crippen molar-refractivity contribution in [1.82, 2.24) is 19.7 Å². The van der Waals surface area contributed by atoms with Gasteiger partial charge in [-0.3, -0.25) is 4.79 Å². The lowest BCUT2D eigenvalue weighted by molar-refractivity contribution is -0.137. The Morgan fingerprint density at radius 1 is 1.22 bits per heavy atom. The third-order valence-electron chi connectivity index (χ3n) is 4.05. The Kier molecular flexibility index (Phi) is 4.61. The van der Waals surface area contributed by atoms with Gasteiger partial charge < -0.3 is 10.1 Å². The molecule has 0 aliphatic rings. The summed E-state index contributed by atoms with van der Waals surface area (Å²) in [6.45, 7) is 2.99. The highest BCUT2D eigenvalue weighted by Gasteiger charge is 2.34. The van der Waals surface area contributed by atoms with Crippen molar-refractivity contribution >= 4 is 11.6 Å².